The smallest absolute Gasteiger partial charge is 0.340 e. The van der Waals surface area contributed by atoms with E-state index in [2.05, 4.69) is 28.2 Å². The zero-order chi connectivity index (χ0) is 17.0. The Morgan fingerprint density at radius 3 is 2.74 bits per heavy atom. The van der Waals surface area contributed by atoms with Gasteiger partial charge in [0.2, 0.25) is 0 Å². The summed E-state index contributed by atoms with van der Waals surface area (Å²) in [5.74, 6) is -0.408. The van der Waals surface area contributed by atoms with Gasteiger partial charge in [-0.25, -0.2) is 4.79 Å². The maximum Gasteiger partial charge on any atom is 0.340 e. The molecule has 0 bridgehead atoms. The first-order chi connectivity index (χ1) is 10.9. The molecule has 1 aromatic rings. The summed E-state index contributed by atoms with van der Waals surface area (Å²) < 4.78 is 5.98. The van der Waals surface area contributed by atoms with Gasteiger partial charge in [0.15, 0.2) is 6.10 Å². The van der Waals surface area contributed by atoms with Crippen molar-refractivity contribution in [2.75, 3.05) is 0 Å². The van der Waals surface area contributed by atoms with E-state index < -0.39 is 12.1 Å². The van der Waals surface area contributed by atoms with Gasteiger partial charge >= 0.3 is 5.97 Å². The van der Waals surface area contributed by atoms with Gasteiger partial charge in [0.25, 0.3) is 5.91 Å². The van der Waals surface area contributed by atoms with Crippen LogP contribution in [0.5, 0.6) is 0 Å². The Bertz CT molecular complexity index is 593. The number of ether oxygens (including phenoxy) is 1. The molecule has 3 atom stereocenters. The number of esters is 1. The summed E-state index contributed by atoms with van der Waals surface area (Å²) in [4.78, 5) is 24.4. The van der Waals surface area contributed by atoms with Crippen molar-refractivity contribution in [2.24, 2.45) is 5.92 Å². The van der Waals surface area contributed by atoms with Crippen LogP contribution in [-0.2, 0) is 9.53 Å². The standard InChI is InChI=1S/C17H21BrClNO3/c1-10-5-3-4-6-15(10)20-16(21)11(2)23-17(22)13-9-12(18)7-8-14(13)19/h7-11,15H,3-6H2,1-2H3,(H,20,21)/t10-,11+,15-/m0/s1. The first-order valence-corrected chi connectivity index (χ1v) is 9.02. The van der Waals surface area contributed by atoms with Gasteiger partial charge in [-0.15, -0.1) is 0 Å². The quantitative estimate of drug-likeness (QED) is 0.762. The third kappa shape index (κ3) is 4.95. The van der Waals surface area contributed by atoms with Crippen molar-refractivity contribution in [3.8, 4) is 0 Å². The van der Waals surface area contributed by atoms with Crippen molar-refractivity contribution in [1.29, 1.82) is 0 Å². The second kappa shape index (κ2) is 8.15. The summed E-state index contributed by atoms with van der Waals surface area (Å²) in [6.07, 6.45) is 3.57. The van der Waals surface area contributed by atoms with Gasteiger partial charge in [-0.3, -0.25) is 4.79 Å². The lowest BCUT2D eigenvalue weighted by molar-refractivity contribution is -0.130. The Hall–Kier alpha value is -1.07. The molecule has 1 aromatic carbocycles. The zero-order valence-corrected chi connectivity index (χ0v) is 15.6. The number of nitrogens with one attached hydrogen (secondary N) is 1. The van der Waals surface area contributed by atoms with Gasteiger partial charge in [-0.2, -0.15) is 0 Å². The Balaban J connectivity index is 1.94. The SMILES string of the molecule is C[C@@H](OC(=O)c1cc(Br)ccc1Cl)C(=O)N[C@H]1CCCC[C@@H]1C. The van der Waals surface area contributed by atoms with Crippen LogP contribution in [0, 0.1) is 5.92 Å². The van der Waals surface area contributed by atoms with Crippen LogP contribution in [-0.4, -0.2) is 24.0 Å². The van der Waals surface area contributed by atoms with Crippen LogP contribution in [0.25, 0.3) is 0 Å². The van der Waals surface area contributed by atoms with Gasteiger partial charge < -0.3 is 10.1 Å². The molecule has 1 aliphatic carbocycles. The highest BCUT2D eigenvalue weighted by Gasteiger charge is 2.27. The van der Waals surface area contributed by atoms with Crippen LogP contribution in [0.15, 0.2) is 22.7 Å². The maximum absolute atomic E-state index is 12.2. The largest absolute Gasteiger partial charge is 0.449 e. The van der Waals surface area contributed by atoms with E-state index in [-0.39, 0.29) is 17.5 Å². The lowest BCUT2D eigenvalue weighted by Gasteiger charge is -2.30. The van der Waals surface area contributed by atoms with E-state index in [1.165, 1.54) is 6.42 Å². The molecule has 23 heavy (non-hydrogen) atoms. The molecule has 1 fully saturated rings. The summed E-state index contributed by atoms with van der Waals surface area (Å²) in [7, 11) is 0. The van der Waals surface area contributed by atoms with E-state index >= 15 is 0 Å². The molecule has 0 radical (unpaired) electrons. The minimum absolute atomic E-state index is 0.159. The molecule has 126 valence electrons. The highest BCUT2D eigenvalue weighted by atomic mass is 79.9. The minimum Gasteiger partial charge on any atom is -0.449 e. The average Bonchev–Trinajstić information content (AvgIpc) is 2.51. The number of carbonyl (C=O) groups excluding carboxylic acids is 2. The van der Waals surface area contributed by atoms with Gasteiger partial charge in [0, 0.05) is 10.5 Å². The molecule has 0 aromatic heterocycles. The van der Waals surface area contributed by atoms with Crippen LogP contribution < -0.4 is 5.32 Å². The number of benzene rings is 1. The van der Waals surface area contributed by atoms with Crippen molar-refractivity contribution in [2.45, 2.75) is 51.7 Å². The molecular weight excluding hydrogens is 382 g/mol. The number of carbonyl (C=O) groups is 2. The van der Waals surface area contributed by atoms with E-state index in [0.717, 1.165) is 23.7 Å². The van der Waals surface area contributed by atoms with Gasteiger partial charge in [-0.05, 0) is 43.9 Å². The summed E-state index contributed by atoms with van der Waals surface area (Å²) in [6, 6.07) is 5.08. The monoisotopic (exact) mass is 401 g/mol. The van der Waals surface area contributed by atoms with Crippen molar-refractivity contribution < 1.29 is 14.3 Å². The van der Waals surface area contributed by atoms with Crippen molar-refractivity contribution in [1.82, 2.24) is 5.32 Å². The third-order valence-corrected chi connectivity index (χ3v) is 5.06. The fourth-order valence-electron chi connectivity index (χ4n) is 2.76. The molecule has 0 spiro atoms. The van der Waals surface area contributed by atoms with E-state index in [1.54, 1.807) is 25.1 Å². The topological polar surface area (TPSA) is 55.4 Å². The number of amides is 1. The normalized spacial score (nSPS) is 22.3. The number of hydrogen-bond donors (Lipinski definition) is 1. The van der Waals surface area contributed by atoms with Crippen LogP contribution in [0.2, 0.25) is 5.02 Å². The third-order valence-electron chi connectivity index (χ3n) is 4.24. The Morgan fingerprint density at radius 1 is 1.35 bits per heavy atom. The first kappa shape index (κ1) is 18.3. The van der Waals surface area contributed by atoms with E-state index in [1.807, 2.05) is 0 Å². The maximum atomic E-state index is 12.2. The number of rotatable bonds is 4. The zero-order valence-electron chi connectivity index (χ0n) is 13.3. The summed E-state index contributed by atoms with van der Waals surface area (Å²) in [6.45, 7) is 3.72. The molecule has 0 saturated heterocycles. The van der Waals surface area contributed by atoms with Gasteiger partial charge in [-0.1, -0.05) is 47.3 Å². The average molecular weight is 403 g/mol. The second-order valence-electron chi connectivity index (χ2n) is 6.05. The van der Waals surface area contributed by atoms with Gasteiger partial charge in [0.1, 0.15) is 0 Å². The number of halogens is 2. The molecule has 1 amide bonds. The minimum atomic E-state index is -0.855. The van der Waals surface area contributed by atoms with Crippen LogP contribution in [0.3, 0.4) is 0 Å². The van der Waals surface area contributed by atoms with E-state index in [0.29, 0.717) is 10.9 Å². The summed E-state index contributed by atoms with van der Waals surface area (Å²) in [5.41, 5.74) is 0.242. The molecule has 0 unspecified atom stereocenters. The van der Waals surface area contributed by atoms with Crippen LogP contribution in [0.1, 0.15) is 49.9 Å². The van der Waals surface area contributed by atoms with E-state index in [4.69, 9.17) is 16.3 Å². The van der Waals surface area contributed by atoms with E-state index in [9.17, 15) is 9.59 Å². The molecule has 4 nitrogen and oxygen atoms in total. The summed E-state index contributed by atoms with van der Waals surface area (Å²) in [5, 5.41) is 3.29. The molecule has 1 aliphatic rings. The van der Waals surface area contributed by atoms with Crippen molar-refractivity contribution >= 4 is 39.4 Å². The fourth-order valence-corrected chi connectivity index (χ4v) is 3.32. The lowest BCUT2D eigenvalue weighted by atomic mass is 9.86. The second-order valence-corrected chi connectivity index (χ2v) is 7.37. The molecule has 2 rings (SSSR count). The molecule has 0 heterocycles. The molecule has 1 saturated carbocycles. The Labute approximate surface area is 150 Å². The van der Waals surface area contributed by atoms with Crippen molar-refractivity contribution in [3.05, 3.63) is 33.3 Å². The highest BCUT2D eigenvalue weighted by Crippen LogP contribution is 2.24. The summed E-state index contributed by atoms with van der Waals surface area (Å²) >= 11 is 9.29. The van der Waals surface area contributed by atoms with Crippen LogP contribution >= 0.6 is 27.5 Å². The molecule has 1 N–H and O–H groups in total. The predicted octanol–water partition coefficient (Wildman–Crippen LogP) is 4.34. The lowest BCUT2D eigenvalue weighted by Crippen LogP contribution is -2.46. The Kier molecular flexibility index (Phi) is 6.48. The van der Waals surface area contributed by atoms with Gasteiger partial charge in [0.05, 0.1) is 10.6 Å². The fraction of sp³-hybridized carbons (Fsp3) is 0.529. The molecule has 0 aliphatic heterocycles. The van der Waals surface area contributed by atoms with Crippen LogP contribution in [0.4, 0.5) is 0 Å². The van der Waals surface area contributed by atoms with Crippen molar-refractivity contribution in [3.63, 3.8) is 0 Å². The molecular formula is C17H21BrClNO3. The predicted molar refractivity (Wildman–Crippen MR) is 93.6 cm³/mol. The molecule has 6 heteroatoms. The number of hydrogen-bond acceptors (Lipinski definition) is 3. The highest BCUT2D eigenvalue weighted by molar-refractivity contribution is 9.10. The Morgan fingerprint density at radius 2 is 2.04 bits per heavy atom. The first-order valence-electron chi connectivity index (χ1n) is 7.85.